The normalized spacial score (nSPS) is 17.2. The Morgan fingerprint density at radius 1 is 1.06 bits per heavy atom. The summed E-state index contributed by atoms with van der Waals surface area (Å²) in [4.78, 5) is 24.5. The number of carbonyl (C=O) groups is 2. The van der Waals surface area contributed by atoms with Gasteiger partial charge in [-0.05, 0) is 43.0 Å². The van der Waals surface area contributed by atoms with E-state index in [0.717, 1.165) is 11.1 Å². The molecule has 1 atom stereocenters. The van der Waals surface area contributed by atoms with E-state index in [1.165, 1.54) is 4.31 Å². The van der Waals surface area contributed by atoms with E-state index in [2.05, 4.69) is 10.6 Å². The van der Waals surface area contributed by atoms with Gasteiger partial charge in [-0.3, -0.25) is 9.59 Å². The van der Waals surface area contributed by atoms with E-state index >= 15 is 0 Å². The number of nitrogens with zero attached hydrogens (tertiary/aromatic N) is 1. The highest BCUT2D eigenvalue weighted by molar-refractivity contribution is 7.89. The van der Waals surface area contributed by atoms with Gasteiger partial charge in [0.15, 0.2) is 0 Å². The lowest BCUT2D eigenvalue weighted by Gasteiger charge is -2.35. The molecule has 1 aliphatic rings. The van der Waals surface area contributed by atoms with E-state index in [9.17, 15) is 18.0 Å². The van der Waals surface area contributed by atoms with Crippen LogP contribution in [0.25, 0.3) is 0 Å². The van der Waals surface area contributed by atoms with Gasteiger partial charge in [-0.25, -0.2) is 8.42 Å². The summed E-state index contributed by atoms with van der Waals surface area (Å²) in [6.07, 6.45) is -0.337. The first kappa shape index (κ1) is 22.9. The van der Waals surface area contributed by atoms with Crippen LogP contribution < -0.4 is 10.6 Å². The van der Waals surface area contributed by atoms with Crippen molar-refractivity contribution in [2.75, 3.05) is 19.7 Å². The molecule has 0 radical (unpaired) electrons. The molecule has 0 bridgehead atoms. The molecule has 8 nitrogen and oxygen atoms in total. The Balaban J connectivity index is 1.63. The Kier molecular flexibility index (Phi) is 7.42. The van der Waals surface area contributed by atoms with Gasteiger partial charge in [-0.1, -0.05) is 42.5 Å². The van der Waals surface area contributed by atoms with Gasteiger partial charge in [0.05, 0.1) is 18.0 Å². The van der Waals surface area contributed by atoms with E-state index in [1.807, 2.05) is 43.3 Å². The molecule has 0 aliphatic carbocycles. The molecule has 2 amide bonds. The Morgan fingerprint density at radius 3 is 2.52 bits per heavy atom. The lowest BCUT2D eigenvalue weighted by Crippen LogP contribution is -2.53. The fourth-order valence-electron chi connectivity index (χ4n) is 3.33. The summed E-state index contributed by atoms with van der Waals surface area (Å²) in [5.74, 6) is -1.63. The molecule has 3 rings (SSSR count). The summed E-state index contributed by atoms with van der Waals surface area (Å²) < 4.78 is 33.4. The van der Waals surface area contributed by atoms with Crippen molar-refractivity contribution < 1.29 is 22.7 Å². The molecule has 0 aromatic heterocycles. The van der Waals surface area contributed by atoms with Gasteiger partial charge < -0.3 is 15.4 Å². The maximum Gasteiger partial charge on any atom is 0.309 e. The highest BCUT2D eigenvalue weighted by Gasteiger charge is 2.35. The number of carbonyl (C=O) groups excluding carboxylic acids is 2. The molecule has 2 aromatic rings. The summed E-state index contributed by atoms with van der Waals surface area (Å²) >= 11 is 0. The summed E-state index contributed by atoms with van der Waals surface area (Å²) in [7, 11) is -3.82. The average molecular weight is 446 g/mol. The molecule has 2 N–H and O–H groups in total. The fourth-order valence-corrected chi connectivity index (χ4v) is 5.21. The first-order chi connectivity index (χ1) is 14.8. The first-order valence-corrected chi connectivity index (χ1v) is 11.5. The highest BCUT2D eigenvalue weighted by Crippen LogP contribution is 2.25. The molecular formula is C22H27N3O5S. The standard InChI is InChI=1S/C22H27N3O5S/c1-16-9-10-17(2)19(13-16)31(28,29)25-11-6-12-30-20(25)15-24-22(27)21(26)23-14-18-7-4-3-5-8-18/h3-5,7-10,13,20H,6,11-12,14-15H2,1-2H3,(H,23,26)(H,24,27)/t20-/m0/s1. The molecule has 9 heteroatoms. The van der Waals surface area contributed by atoms with E-state index in [4.69, 9.17) is 4.74 Å². The van der Waals surface area contributed by atoms with Crippen LogP contribution in [0.15, 0.2) is 53.4 Å². The van der Waals surface area contributed by atoms with Crippen LogP contribution in [0.1, 0.15) is 23.1 Å². The molecule has 1 fully saturated rings. The summed E-state index contributed by atoms with van der Waals surface area (Å²) in [6.45, 7) is 4.32. The van der Waals surface area contributed by atoms with Gasteiger partial charge >= 0.3 is 11.8 Å². The predicted octanol–water partition coefficient (Wildman–Crippen LogP) is 1.47. The Hall–Kier alpha value is -2.75. The van der Waals surface area contributed by atoms with Crippen LogP contribution in [0, 0.1) is 13.8 Å². The minimum atomic E-state index is -3.82. The molecule has 31 heavy (non-hydrogen) atoms. The monoisotopic (exact) mass is 445 g/mol. The fraction of sp³-hybridized carbons (Fsp3) is 0.364. The Labute approximate surface area is 182 Å². The Bertz CT molecular complexity index is 1040. The number of hydrogen-bond donors (Lipinski definition) is 2. The summed E-state index contributed by atoms with van der Waals surface area (Å²) in [6, 6.07) is 14.5. The second kappa shape index (κ2) is 10.0. The minimum Gasteiger partial charge on any atom is -0.360 e. The van der Waals surface area contributed by atoms with Gasteiger partial charge in [0.25, 0.3) is 0 Å². The second-order valence-corrected chi connectivity index (χ2v) is 9.30. The molecule has 0 saturated carbocycles. The molecule has 2 aromatic carbocycles. The molecule has 1 heterocycles. The number of ether oxygens (including phenoxy) is 1. The quantitative estimate of drug-likeness (QED) is 0.656. The zero-order valence-corrected chi connectivity index (χ0v) is 18.4. The maximum atomic E-state index is 13.3. The van der Waals surface area contributed by atoms with E-state index < -0.39 is 28.1 Å². The van der Waals surface area contributed by atoms with Crippen molar-refractivity contribution in [3.05, 3.63) is 65.2 Å². The number of amides is 2. The molecule has 1 aliphatic heterocycles. The third kappa shape index (κ3) is 5.69. The Morgan fingerprint density at radius 2 is 1.77 bits per heavy atom. The molecular weight excluding hydrogens is 418 g/mol. The van der Waals surface area contributed by atoms with Crippen LogP contribution in [0.5, 0.6) is 0 Å². The van der Waals surface area contributed by atoms with Crippen LogP contribution in [-0.2, 0) is 30.9 Å². The number of hydrogen-bond acceptors (Lipinski definition) is 5. The third-order valence-corrected chi connectivity index (χ3v) is 7.05. The molecule has 0 spiro atoms. The zero-order valence-electron chi connectivity index (χ0n) is 17.6. The van der Waals surface area contributed by atoms with E-state index in [-0.39, 0.29) is 24.5 Å². The van der Waals surface area contributed by atoms with Crippen LogP contribution in [-0.4, -0.2) is 50.5 Å². The van der Waals surface area contributed by atoms with Crippen molar-refractivity contribution >= 4 is 21.8 Å². The number of nitrogens with one attached hydrogen (secondary N) is 2. The van der Waals surface area contributed by atoms with Crippen LogP contribution >= 0.6 is 0 Å². The third-order valence-electron chi connectivity index (χ3n) is 5.02. The average Bonchev–Trinajstić information content (AvgIpc) is 2.78. The molecule has 166 valence electrons. The lowest BCUT2D eigenvalue weighted by molar-refractivity contribution is -0.140. The van der Waals surface area contributed by atoms with Gasteiger partial charge in [-0.2, -0.15) is 4.31 Å². The number of sulfonamides is 1. The van der Waals surface area contributed by atoms with E-state index in [0.29, 0.717) is 18.6 Å². The van der Waals surface area contributed by atoms with Gasteiger partial charge in [-0.15, -0.1) is 0 Å². The van der Waals surface area contributed by atoms with Crippen molar-refractivity contribution in [2.24, 2.45) is 0 Å². The number of rotatable bonds is 6. The number of aryl methyl sites for hydroxylation is 2. The second-order valence-electron chi connectivity index (χ2n) is 7.44. The maximum absolute atomic E-state index is 13.3. The minimum absolute atomic E-state index is 0.123. The molecule has 1 saturated heterocycles. The van der Waals surface area contributed by atoms with Crippen molar-refractivity contribution in [3.63, 3.8) is 0 Å². The topological polar surface area (TPSA) is 105 Å². The smallest absolute Gasteiger partial charge is 0.309 e. The largest absolute Gasteiger partial charge is 0.360 e. The van der Waals surface area contributed by atoms with E-state index in [1.54, 1.807) is 19.1 Å². The highest BCUT2D eigenvalue weighted by atomic mass is 32.2. The van der Waals surface area contributed by atoms with Gasteiger partial charge in [0, 0.05) is 13.1 Å². The van der Waals surface area contributed by atoms with Crippen LogP contribution in [0.2, 0.25) is 0 Å². The van der Waals surface area contributed by atoms with Crippen molar-refractivity contribution in [1.82, 2.24) is 14.9 Å². The van der Waals surface area contributed by atoms with Gasteiger partial charge in [0.2, 0.25) is 10.0 Å². The summed E-state index contributed by atoms with van der Waals surface area (Å²) in [5, 5.41) is 5.03. The predicted molar refractivity (Wildman–Crippen MR) is 115 cm³/mol. The van der Waals surface area contributed by atoms with Crippen molar-refractivity contribution in [1.29, 1.82) is 0 Å². The van der Waals surface area contributed by atoms with Gasteiger partial charge in [0.1, 0.15) is 6.23 Å². The lowest BCUT2D eigenvalue weighted by atomic mass is 10.2. The summed E-state index contributed by atoms with van der Waals surface area (Å²) in [5.41, 5.74) is 2.34. The van der Waals surface area contributed by atoms with Crippen LogP contribution in [0.3, 0.4) is 0 Å². The first-order valence-electron chi connectivity index (χ1n) is 10.1. The zero-order chi connectivity index (χ0) is 22.4. The SMILES string of the molecule is Cc1ccc(C)c(S(=O)(=O)N2CCCO[C@H]2CNC(=O)C(=O)NCc2ccccc2)c1. The van der Waals surface area contributed by atoms with Crippen molar-refractivity contribution in [3.8, 4) is 0 Å². The van der Waals surface area contributed by atoms with Crippen LogP contribution in [0.4, 0.5) is 0 Å². The number of benzene rings is 2. The van der Waals surface area contributed by atoms with Crippen molar-refractivity contribution in [2.45, 2.75) is 37.9 Å². The molecule has 0 unspecified atom stereocenters.